The predicted molar refractivity (Wildman–Crippen MR) is 113 cm³/mol. The van der Waals surface area contributed by atoms with E-state index in [1.54, 1.807) is 4.90 Å². The van der Waals surface area contributed by atoms with Crippen LogP contribution in [0.2, 0.25) is 5.02 Å². The normalized spacial score (nSPS) is 10.8. The molecule has 0 aromatic heterocycles. The summed E-state index contributed by atoms with van der Waals surface area (Å²) in [6.07, 6.45) is 0. The lowest BCUT2D eigenvalue weighted by molar-refractivity contribution is -0.120. The van der Waals surface area contributed by atoms with E-state index < -0.39 is 11.7 Å². The minimum atomic E-state index is -0.623. The topological polar surface area (TPSA) is 70.7 Å². The molecule has 0 bridgehead atoms. The summed E-state index contributed by atoms with van der Waals surface area (Å²) in [6, 6.07) is 9.67. The van der Waals surface area contributed by atoms with Crippen LogP contribution < -0.4 is 10.6 Å². The van der Waals surface area contributed by atoms with Crippen molar-refractivity contribution in [3.63, 3.8) is 0 Å². The lowest BCUT2D eigenvalue weighted by Gasteiger charge is -2.21. The molecule has 0 saturated carbocycles. The van der Waals surface area contributed by atoms with Crippen molar-refractivity contribution in [2.75, 3.05) is 44.0 Å². The molecule has 0 aliphatic heterocycles. The Morgan fingerprint density at radius 3 is 2.34 bits per heavy atom. The van der Waals surface area contributed by atoms with Crippen LogP contribution in [0.1, 0.15) is 11.1 Å². The third-order valence-electron chi connectivity index (χ3n) is 4.43. The summed E-state index contributed by atoms with van der Waals surface area (Å²) in [7, 11) is 1.54. The second kappa shape index (κ2) is 10.9. The maximum absolute atomic E-state index is 13.9. The third-order valence-corrected chi connectivity index (χ3v) is 4.67. The van der Waals surface area contributed by atoms with Gasteiger partial charge in [-0.25, -0.2) is 4.39 Å². The maximum atomic E-state index is 13.9. The summed E-state index contributed by atoms with van der Waals surface area (Å²) >= 11 is 5.72. The third kappa shape index (κ3) is 7.12. The average molecular weight is 422 g/mol. The van der Waals surface area contributed by atoms with Crippen LogP contribution in [0.15, 0.2) is 36.4 Å². The molecule has 0 unspecified atom stereocenters. The van der Waals surface area contributed by atoms with Gasteiger partial charge in [0, 0.05) is 24.4 Å². The molecule has 0 aliphatic rings. The number of nitrogens with zero attached hydrogens (tertiary/aromatic N) is 1. The number of carbonyl (C=O) groups excluding carboxylic acids is 2. The van der Waals surface area contributed by atoms with E-state index in [9.17, 15) is 14.0 Å². The lowest BCUT2D eigenvalue weighted by Crippen LogP contribution is -2.40. The van der Waals surface area contributed by atoms with Crippen LogP contribution in [-0.4, -0.2) is 50.1 Å². The van der Waals surface area contributed by atoms with Gasteiger partial charge in [-0.1, -0.05) is 23.7 Å². The Balaban J connectivity index is 1.99. The summed E-state index contributed by atoms with van der Waals surface area (Å²) in [5.74, 6) is -1.32. The zero-order chi connectivity index (χ0) is 21.4. The molecular formula is C21H25ClFN3O3. The summed E-state index contributed by atoms with van der Waals surface area (Å²) < 4.78 is 18.9. The molecule has 6 nitrogen and oxygen atoms in total. The number of rotatable bonds is 9. The fraction of sp³-hybridized carbons (Fsp3) is 0.333. The van der Waals surface area contributed by atoms with Crippen molar-refractivity contribution in [1.82, 2.24) is 4.90 Å². The first-order valence-corrected chi connectivity index (χ1v) is 9.50. The number of benzene rings is 2. The number of methoxy groups -OCH3 is 1. The first kappa shape index (κ1) is 22.8. The van der Waals surface area contributed by atoms with Gasteiger partial charge in [0.25, 0.3) is 0 Å². The lowest BCUT2D eigenvalue weighted by atomic mass is 10.1. The molecule has 2 aromatic carbocycles. The van der Waals surface area contributed by atoms with Crippen LogP contribution in [0, 0.1) is 19.7 Å². The van der Waals surface area contributed by atoms with Crippen LogP contribution in [0.25, 0.3) is 0 Å². The van der Waals surface area contributed by atoms with Crippen LogP contribution in [0.4, 0.5) is 15.8 Å². The Bertz CT molecular complexity index is 876. The van der Waals surface area contributed by atoms with E-state index >= 15 is 0 Å². The smallest absolute Gasteiger partial charge is 0.238 e. The van der Waals surface area contributed by atoms with Crippen molar-refractivity contribution < 1.29 is 18.7 Å². The predicted octanol–water partition coefficient (Wildman–Crippen LogP) is 3.62. The first-order valence-electron chi connectivity index (χ1n) is 9.12. The summed E-state index contributed by atoms with van der Waals surface area (Å²) in [5, 5.41) is 5.61. The molecule has 8 heteroatoms. The van der Waals surface area contributed by atoms with E-state index in [4.69, 9.17) is 16.3 Å². The van der Waals surface area contributed by atoms with Gasteiger partial charge in [-0.2, -0.15) is 0 Å². The Morgan fingerprint density at radius 1 is 1.07 bits per heavy atom. The van der Waals surface area contributed by atoms with Gasteiger partial charge in [0.2, 0.25) is 11.8 Å². The van der Waals surface area contributed by atoms with Gasteiger partial charge in [0.1, 0.15) is 5.82 Å². The van der Waals surface area contributed by atoms with Gasteiger partial charge in [-0.15, -0.1) is 0 Å². The number of aryl methyl sites for hydroxylation is 1. The van der Waals surface area contributed by atoms with Crippen molar-refractivity contribution in [3.8, 4) is 0 Å². The molecule has 0 atom stereocenters. The van der Waals surface area contributed by atoms with Gasteiger partial charge in [-0.3, -0.25) is 14.5 Å². The van der Waals surface area contributed by atoms with Crippen molar-refractivity contribution in [2.45, 2.75) is 13.8 Å². The van der Waals surface area contributed by atoms with E-state index in [1.165, 1.54) is 19.2 Å². The number of hydrogen-bond donors (Lipinski definition) is 2. The molecule has 0 aliphatic carbocycles. The summed E-state index contributed by atoms with van der Waals surface area (Å²) in [4.78, 5) is 26.4. The molecule has 156 valence electrons. The van der Waals surface area contributed by atoms with Crippen molar-refractivity contribution in [1.29, 1.82) is 0 Å². The Labute approximate surface area is 175 Å². The summed E-state index contributed by atoms with van der Waals surface area (Å²) in [6.45, 7) is 4.52. The number of ether oxygens (including phenoxy) is 1. The highest BCUT2D eigenvalue weighted by atomic mass is 35.5. The van der Waals surface area contributed by atoms with E-state index in [0.29, 0.717) is 13.2 Å². The second-order valence-corrected chi connectivity index (χ2v) is 7.11. The van der Waals surface area contributed by atoms with Crippen molar-refractivity contribution >= 4 is 34.8 Å². The van der Waals surface area contributed by atoms with Crippen LogP contribution in [0.3, 0.4) is 0 Å². The monoisotopic (exact) mass is 421 g/mol. The minimum Gasteiger partial charge on any atom is -0.383 e. The number of amides is 2. The number of halogens is 2. The molecule has 0 spiro atoms. The fourth-order valence-electron chi connectivity index (χ4n) is 2.70. The maximum Gasteiger partial charge on any atom is 0.238 e. The molecule has 2 amide bonds. The van der Waals surface area contributed by atoms with Crippen LogP contribution in [0.5, 0.6) is 0 Å². The summed E-state index contributed by atoms with van der Waals surface area (Å²) in [5.41, 5.74) is 2.82. The first-order chi connectivity index (χ1) is 13.8. The minimum absolute atomic E-state index is 0.00668. The highest BCUT2D eigenvalue weighted by Crippen LogP contribution is 2.19. The number of anilines is 2. The van der Waals surface area contributed by atoms with Crippen molar-refractivity contribution in [2.24, 2.45) is 0 Å². The number of carbonyl (C=O) groups is 2. The molecule has 0 heterocycles. The van der Waals surface area contributed by atoms with E-state index in [1.807, 2.05) is 32.0 Å². The van der Waals surface area contributed by atoms with Crippen LogP contribution in [-0.2, 0) is 14.3 Å². The fourth-order valence-corrected chi connectivity index (χ4v) is 2.86. The Hall–Kier alpha value is -2.48. The van der Waals surface area contributed by atoms with Gasteiger partial charge in [-0.05, 0) is 49.2 Å². The number of hydrogen-bond acceptors (Lipinski definition) is 4. The van der Waals surface area contributed by atoms with Crippen LogP contribution >= 0.6 is 11.6 Å². The molecule has 0 saturated heterocycles. The Kier molecular flexibility index (Phi) is 8.57. The zero-order valence-electron chi connectivity index (χ0n) is 16.7. The van der Waals surface area contributed by atoms with E-state index in [-0.39, 0.29) is 29.7 Å². The van der Waals surface area contributed by atoms with Gasteiger partial charge < -0.3 is 15.4 Å². The Morgan fingerprint density at radius 2 is 1.72 bits per heavy atom. The highest BCUT2D eigenvalue weighted by Gasteiger charge is 2.16. The standard InChI is InChI=1S/C21H25ClFN3O3/c1-14-5-4-6-18(15(14)2)24-20(27)12-26(9-10-29-3)13-21(28)25-19-8-7-16(22)11-17(19)23/h4-8,11H,9-10,12-13H2,1-3H3,(H,24,27)(H,25,28). The molecule has 2 aromatic rings. The van der Waals surface area contributed by atoms with Gasteiger partial charge in [0.05, 0.1) is 25.4 Å². The molecular weight excluding hydrogens is 397 g/mol. The molecule has 0 fully saturated rings. The molecule has 29 heavy (non-hydrogen) atoms. The molecule has 0 radical (unpaired) electrons. The quantitative estimate of drug-likeness (QED) is 0.648. The SMILES string of the molecule is COCCN(CC(=O)Nc1ccc(Cl)cc1F)CC(=O)Nc1cccc(C)c1C. The largest absolute Gasteiger partial charge is 0.383 e. The van der Waals surface area contributed by atoms with E-state index in [0.717, 1.165) is 22.9 Å². The van der Waals surface area contributed by atoms with Crippen molar-refractivity contribution in [3.05, 3.63) is 58.4 Å². The molecule has 2 N–H and O–H groups in total. The second-order valence-electron chi connectivity index (χ2n) is 6.67. The van der Waals surface area contributed by atoms with E-state index in [2.05, 4.69) is 10.6 Å². The number of nitrogens with one attached hydrogen (secondary N) is 2. The highest BCUT2D eigenvalue weighted by molar-refractivity contribution is 6.30. The average Bonchev–Trinajstić information content (AvgIpc) is 2.65. The zero-order valence-corrected chi connectivity index (χ0v) is 17.5. The van der Waals surface area contributed by atoms with Gasteiger partial charge in [0.15, 0.2) is 0 Å². The van der Waals surface area contributed by atoms with Gasteiger partial charge >= 0.3 is 0 Å². The molecule has 2 rings (SSSR count).